The van der Waals surface area contributed by atoms with Gasteiger partial charge in [-0.2, -0.15) is 0 Å². The maximum atomic E-state index is 12.3. The van der Waals surface area contributed by atoms with Crippen molar-refractivity contribution in [3.8, 4) is 0 Å². The van der Waals surface area contributed by atoms with Crippen LogP contribution in [0.3, 0.4) is 0 Å². The van der Waals surface area contributed by atoms with Crippen molar-refractivity contribution >= 4 is 17.4 Å². The lowest BCUT2D eigenvalue weighted by atomic mass is 10.2. The Balaban J connectivity index is 2.08. The molecule has 1 atom stereocenters. The smallest absolute Gasteiger partial charge is 0.297 e. The summed E-state index contributed by atoms with van der Waals surface area (Å²) in [4.78, 5) is 5.38. The molecule has 1 aliphatic heterocycles. The van der Waals surface area contributed by atoms with Gasteiger partial charge in [0.25, 0.3) is 12.2 Å². The van der Waals surface area contributed by atoms with Crippen molar-refractivity contribution in [1.29, 1.82) is 0 Å². The van der Waals surface area contributed by atoms with Crippen LogP contribution in [0.1, 0.15) is 4.88 Å². The van der Waals surface area contributed by atoms with Crippen molar-refractivity contribution < 1.29 is 18.7 Å². The highest BCUT2D eigenvalue weighted by Crippen LogP contribution is 2.25. The van der Waals surface area contributed by atoms with Crippen LogP contribution in [-0.2, 0) is 4.84 Å². The van der Waals surface area contributed by atoms with E-state index in [9.17, 15) is 13.9 Å². The molecule has 0 unspecified atom stereocenters. The second-order valence-electron chi connectivity index (χ2n) is 3.21. The zero-order valence-corrected chi connectivity index (χ0v) is 8.88. The molecule has 0 aromatic carbocycles. The number of halogens is 2. The van der Waals surface area contributed by atoms with Gasteiger partial charge in [-0.1, -0.05) is 6.07 Å². The number of allylic oxidation sites excluding steroid dienone is 1. The summed E-state index contributed by atoms with van der Waals surface area (Å²) < 4.78 is 24.7. The van der Waals surface area contributed by atoms with Gasteiger partial charge >= 0.3 is 0 Å². The molecule has 1 aliphatic rings. The molecule has 0 amide bonds. The first-order valence-electron chi connectivity index (χ1n) is 4.49. The van der Waals surface area contributed by atoms with Gasteiger partial charge in [0.05, 0.1) is 5.70 Å². The standard InChI is InChI=1S/C10H9F2NO2S/c11-9(12)10(14)6-7(13-15-10)3-4-8-2-1-5-16-8/h1-6,9,13-14H/t10-/m1/s1. The van der Waals surface area contributed by atoms with Crippen molar-refractivity contribution in [3.05, 3.63) is 40.2 Å². The molecule has 16 heavy (non-hydrogen) atoms. The molecular formula is C10H9F2NO2S. The molecule has 0 aliphatic carbocycles. The topological polar surface area (TPSA) is 41.5 Å². The number of alkyl halides is 2. The van der Waals surface area contributed by atoms with Gasteiger partial charge in [-0.15, -0.1) is 11.3 Å². The molecule has 1 aromatic rings. The number of hydrogen-bond donors (Lipinski definition) is 2. The summed E-state index contributed by atoms with van der Waals surface area (Å²) in [5.41, 5.74) is 2.54. The van der Waals surface area contributed by atoms with Crippen molar-refractivity contribution in [2.45, 2.75) is 12.2 Å². The van der Waals surface area contributed by atoms with Crippen molar-refractivity contribution in [2.24, 2.45) is 0 Å². The van der Waals surface area contributed by atoms with E-state index < -0.39 is 12.2 Å². The SMILES string of the molecule is O[C@]1(C(F)F)C=C(C=Cc2cccs2)NO1. The van der Waals surface area contributed by atoms with Crippen LogP contribution >= 0.6 is 11.3 Å². The summed E-state index contributed by atoms with van der Waals surface area (Å²) in [5, 5.41) is 11.2. The van der Waals surface area contributed by atoms with Crippen LogP contribution in [0.2, 0.25) is 0 Å². The Hall–Kier alpha value is -1.24. The molecule has 0 radical (unpaired) electrons. The summed E-state index contributed by atoms with van der Waals surface area (Å²) in [6, 6.07) is 3.77. The molecule has 86 valence electrons. The second-order valence-corrected chi connectivity index (χ2v) is 4.18. The van der Waals surface area contributed by atoms with Crippen LogP contribution in [-0.4, -0.2) is 17.3 Å². The van der Waals surface area contributed by atoms with E-state index in [0.717, 1.165) is 11.0 Å². The third-order valence-corrected chi connectivity index (χ3v) is 2.82. The number of aliphatic hydroxyl groups is 1. The first-order chi connectivity index (χ1) is 7.60. The maximum Gasteiger partial charge on any atom is 0.297 e. The zero-order chi connectivity index (χ0) is 11.6. The number of hydrogen-bond acceptors (Lipinski definition) is 4. The zero-order valence-electron chi connectivity index (χ0n) is 8.06. The molecule has 3 nitrogen and oxygen atoms in total. The van der Waals surface area contributed by atoms with Crippen molar-refractivity contribution in [2.75, 3.05) is 0 Å². The Morgan fingerprint density at radius 2 is 2.31 bits per heavy atom. The van der Waals surface area contributed by atoms with Gasteiger partial charge in [-0.3, -0.25) is 5.48 Å². The summed E-state index contributed by atoms with van der Waals surface area (Å²) in [5.74, 6) is -2.53. The average Bonchev–Trinajstić information content (AvgIpc) is 2.85. The van der Waals surface area contributed by atoms with Crippen molar-refractivity contribution in [3.63, 3.8) is 0 Å². The average molecular weight is 245 g/mol. The lowest BCUT2D eigenvalue weighted by molar-refractivity contribution is -0.246. The first kappa shape index (κ1) is 11.3. The van der Waals surface area contributed by atoms with Gasteiger partial charge in [0.2, 0.25) is 0 Å². The Labute approximate surface area is 94.6 Å². The van der Waals surface area contributed by atoms with Gasteiger partial charge in [0.1, 0.15) is 0 Å². The molecule has 0 saturated carbocycles. The van der Waals surface area contributed by atoms with Crippen molar-refractivity contribution in [1.82, 2.24) is 5.48 Å². The summed E-state index contributed by atoms with van der Waals surface area (Å²) >= 11 is 1.52. The number of rotatable bonds is 3. The van der Waals surface area contributed by atoms with E-state index in [-0.39, 0.29) is 0 Å². The second kappa shape index (κ2) is 4.32. The minimum absolute atomic E-state index is 0.302. The van der Waals surface area contributed by atoms with E-state index in [0.29, 0.717) is 5.70 Å². The summed E-state index contributed by atoms with van der Waals surface area (Å²) in [6.45, 7) is 0. The normalized spacial score (nSPS) is 25.1. The number of thiophene rings is 1. The molecule has 2 rings (SSSR count). The van der Waals surface area contributed by atoms with Gasteiger partial charge in [-0.25, -0.2) is 13.6 Å². The molecule has 0 spiro atoms. The van der Waals surface area contributed by atoms with Crippen LogP contribution in [0.15, 0.2) is 35.4 Å². The largest absolute Gasteiger partial charge is 0.356 e. The van der Waals surface area contributed by atoms with E-state index in [1.165, 1.54) is 11.3 Å². The Kier molecular flexibility index (Phi) is 3.04. The van der Waals surface area contributed by atoms with Gasteiger partial charge < -0.3 is 5.11 Å². The van der Waals surface area contributed by atoms with Crippen LogP contribution < -0.4 is 5.48 Å². The lowest BCUT2D eigenvalue weighted by Crippen LogP contribution is -2.37. The minimum Gasteiger partial charge on any atom is -0.356 e. The molecule has 0 bridgehead atoms. The van der Waals surface area contributed by atoms with Crippen LogP contribution in [0.25, 0.3) is 6.08 Å². The fourth-order valence-corrected chi connectivity index (χ4v) is 1.79. The summed E-state index contributed by atoms with van der Waals surface area (Å²) in [6.07, 6.45) is 1.26. The van der Waals surface area contributed by atoms with Crippen LogP contribution in [0.4, 0.5) is 8.78 Å². The van der Waals surface area contributed by atoms with Crippen LogP contribution in [0, 0.1) is 0 Å². The molecule has 0 fully saturated rings. The molecule has 1 aromatic heterocycles. The Morgan fingerprint density at radius 1 is 1.50 bits per heavy atom. The fraction of sp³-hybridized carbons (Fsp3) is 0.200. The van der Waals surface area contributed by atoms with Gasteiger partial charge in [-0.05, 0) is 23.6 Å². The van der Waals surface area contributed by atoms with E-state index in [1.54, 1.807) is 12.2 Å². The molecule has 2 N–H and O–H groups in total. The minimum atomic E-state index is -2.99. The van der Waals surface area contributed by atoms with Gasteiger partial charge in [0.15, 0.2) is 0 Å². The Morgan fingerprint density at radius 3 is 2.88 bits per heavy atom. The molecule has 0 saturated heterocycles. The number of hydroxylamine groups is 1. The summed E-state index contributed by atoms with van der Waals surface area (Å²) in [7, 11) is 0. The molecule has 6 heteroatoms. The Bertz CT molecular complexity index is 416. The highest BCUT2D eigenvalue weighted by molar-refractivity contribution is 7.10. The first-order valence-corrected chi connectivity index (χ1v) is 5.37. The quantitative estimate of drug-likeness (QED) is 0.857. The highest BCUT2D eigenvalue weighted by atomic mass is 32.1. The molecular weight excluding hydrogens is 236 g/mol. The highest BCUT2D eigenvalue weighted by Gasteiger charge is 2.41. The van der Waals surface area contributed by atoms with Crippen LogP contribution in [0.5, 0.6) is 0 Å². The predicted octanol–water partition coefficient (Wildman–Crippen LogP) is 2.13. The third kappa shape index (κ3) is 2.29. The monoisotopic (exact) mass is 245 g/mol. The van der Waals surface area contributed by atoms with E-state index in [1.807, 2.05) is 17.5 Å². The fourth-order valence-electron chi connectivity index (χ4n) is 1.17. The van der Waals surface area contributed by atoms with E-state index in [4.69, 9.17) is 0 Å². The third-order valence-electron chi connectivity index (χ3n) is 1.98. The lowest BCUT2D eigenvalue weighted by Gasteiger charge is -2.16. The number of nitrogens with one attached hydrogen (secondary N) is 1. The maximum absolute atomic E-state index is 12.3. The van der Waals surface area contributed by atoms with E-state index >= 15 is 0 Å². The molecule has 2 heterocycles. The predicted molar refractivity (Wildman–Crippen MR) is 56.6 cm³/mol. The van der Waals surface area contributed by atoms with Gasteiger partial charge in [0, 0.05) is 11.0 Å². The van der Waals surface area contributed by atoms with E-state index in [2.05, 4.69) is 10.3 Å².